The van der Waals surface area contributed by atoms with Crippen LogP contribution in [0.1, 0.15) is 54.9 Å². The molecule has 1 aliphatic carbocycles. The highest BCUT2D eigenvalue weighted by Crippen LogP contribution is 2.18. The van der Waals surface area contributed by atoms with Crippen molar-refractivity contribution < 1.29 is 9.59 Å². The largest absolute Gasteiger partial charge is 0.352 e. The van der Waals surface area contributed by atoms with Gasteiger partial charge in [0.15, 0.2) is 0 Å². The summed E-state index contributed by atoms with van der Waals surface area (Å²) < 4.78 is 0. The molecule has 1 fully saturated rings. The van der Waals surface area contributed by atoms with Crippen LogP contribution in [0.25, 0.3) is 0 Å². The van der Waals surface area contributed by atoms with Crippen molar-refractivity contribution in [2.45, 2.75) is 71.4 Å². The molecule has 2 aromatic rings. The third kappa shape index (κ3) is 6.19. The van der Waals surface area contributed by atoms with Crippen molar-refractivity contribution in [3.05, 3.63) is 70.8 Å². The van der Waals surface area contributed by atoms with Gasteiger partial charge in [-0.15, -0.1) is 0 Å². The third-order valence-corrected chi connectivity index (χ3v) is 5.99. The summed E-state index contributed by atoms with van der Waals surface area (Å²) >= 11 is 0. The number of aryl methyl sites for hydroxylation is 2. The van der Waals surface area contributed by atoms with Gasteiger partial charge in [-0.1, -0.05) is 72.5 Å². The lowest BCUT2D eigenvalue weighted by Gasteiger charge is -2.30. The number of carbonyl (C=O) groups excluding carboxylic acids is 2. The fourth-order valence-electron chi connectivity index (χ4n) is 4.41. The molecule has 30 heavy (non-hydrogen) atoms. The molecule has 1 atom stereocenters. The van der Waals surface area contributed by atoms with Gasteiger partial charge in [-0.2, -0.15) is 0 Å². The van der Waals surface area contributed by atoms with Gasteiger partial charge in [0, 0.05) is 12.6 Å². The smallest absolute Gasteiger partial charge is 0.242 e. The highest BCUT2D eigenvalue weighted by atomic mass is 16.2. The van der Waals surface area contributed by atoms with Gasteiger partial charge in [-0.05, 0) is 51.2 Å². The minimum atomic E-state index is -0.479. The zero-order chi connectivity index (χ0) is 21.5. The van der Waals surface area contributed by atoms with Gasteiger partial charge in [0.2, 0.25) is 11.8 Å². The number of benzene rings is 2. The second-order valence-corrected chi connectivity index (χ2v) is 8.66. The maximum atomic E-state index is 13.3. The zero-order valence-corrected chi connectivity index (χ0v) is 18.5. The maximum absolute atomic E-state index is 13.3. The molecule has 1 N–H and O–H groups in total. The molecule has 0 radical (unpaired) electrons. The maximum Gasteiger partial charge on any atom is 0.242 e. The van der Waals surface area contributed by atoms with Gasteiger partial charge in [-0.25, -0.2) is 0 Å². The van der Waals surface area contributed by atoms with E-state index in [9.17, 15) is 9.59 Å². The first kappa shape index (κ1) is 22.1. The van der Waals surface area contributed by atoms with Crippen LogP contribution in [-0.4, -0.2) is 35.3 Å². The monoisotopic (exact) mass is 406 g/mol. The predicted molar refractivity (Wildman–Crippen MR) is 121 cm³/mol. The molecule has 0 spiro atoms. The Morgan fingerprint density at radius 2 is 1.63 bits per heavy atom. The van der Waals surface area contributed by atoms with Gasteiger partial charge >= 0.3 is 0 Å². The molecule has 3 rings (SSSR count). The fraction of sp³-hybridized carbons (Fsp3) is 0.462. The average molecular weight is 407 g/mol. The van der Waals surface area contributed by atoms with Gasteiger partial charge in [-0.3, -0.25) is 9.59 Å². The number of hydrogen-bond acceptors (Lipinski definition) is 2. The van der Waals surface area contributed by atoms with Crippen LogP contribution in [0.2, 0.25) is 0 Å². The van der Waals surface area contributed by atoms with Crippen molar-refractivity contribution >= 4 is 11.8 Å². The summed E-state index contributed by atoms with van der Waals surface area (Å²) in [5.41, 5.74) is 4.48. The van der Waals surface area contributed by atoms with E-state index in [1.165, 1.54) is 18.4 Å². The molecule has 0 saturated heterocycles. The van der Waals surface area contributed by atoms with E-state index < -0.39 is 6.04 Å². The molecule has 0 bridgehead atoms. The number of hydrogen-bond donors (Lipinski definition) is 1. The van der Waals surface area contributed by atoms with Gasteiger partial charge in [0.1, 0.15) is 6.04 Å². The molecular formula is C26H34N2O2. The Bertz CT molecular complexity index is 836. The van der Waals surface area contributed by atoms with E-state index in [-0.39, 0.29) is 17.9 Å². The molecule has 0 heterocycles. The summed E-state index contributed by atoms with van der Waals surface area (Å²) in [7, 11) is 0. The third-order valence-electron chi connectivity index (χ3n) is 5.99. The first-order chi connectivity index (χ1) is 14.4. The average Bonchev–Trinajstić information content (AvgIpc) is 3.21. The van der Waals surface area contributed by atoms with Crippen LogP contribution in [0.5, 0.6) is 0 Å². The normalized spacial score (nSPS) is 15.0. The van der Waals surface area contributed by atoms with Crippen molar-refractivity contribution in [1.29, 1.82) is 0 Å². The molecule has 4 nitrogen and oxygen atoms in total. The van der Waals surface area contributed by atoms with E-state index in [4.69, 9.17) is 0 Å². The van der Waals surface area contributed by atoms with Crippen LogP contribution in [0.15, 0.2) is 48.5 Å². The van der Waals surface area contributed by atoms with Crippen LogP contribution in [0.3, 0.4) is 0 Å². The van der Waals surface area contributed by atoms with Crippen LogP contribution in [-0.2, 0) is 22.4 Å². The Kier molecular flexibility index (Phi) is 7.67. The number of nitrogens with one attached hydrogen (secondary N) is 1. The fourth-order valence-corrected chi connectivity index (χ4v) is 4.41. The Morgan fingerprint density at radius 3 is 2.27 bits per heavy atom. The summed E-state index contributed by atoms with van der Waals surface area (Å²) in [6.45, 7) is 6.49. The molecule has 0 unspecified atom stereocenters. The lowest BCUT2D eigenvalue weighted by molar-refractivity contribution is -0.139. The summed E-state index contributed by atoms with van der Waals surface area (Å²) in [5, 5.41) is 3.16. The van der Waals surface area contributed by atoms with Crippen molar-refractivity contribution in [2.75, 3.05) is 6.54 Å². The molecule has 4 heteroatoms. The van der Waals surface area contributed by atoms with E-state index >= 15 is 0 Å². The second kappa shape index (κ2) is 10.4. The van der Waals surface area contributed by atoms with E-state index in [2.05, 4.69) is 35.6 Å². The first-order valence-corrected chi connectivity index (χ1v) is 11.1. The van der Waals surface area contributed by atoms with Crippen molar-refractivity contribution in [1.82, 2.24) is 10.2 Å². The van der Waals surface area contributed by atoms with Crippen molar-refractivity contribution in [3.8, 4) is 0 Å². The quantitative estimate of drug-likeness (QED) is 0.708. The minimum absolute atomic E-state index is 0.00463. The molecular weight excluding hydrogens is 372 g/mol. The molecule has 2 amide bonds. The number of amides is 2. The molecule has 1 saturated carbocycles. The Labute approximate surface area is 180 Å². The zero-order valence-electron chi connectivity index (χ0n) is 18.5. The molecule has 0 aliphatic heterocycles. The van der Waals surface area contributed by atoms with Gasteiger partial charge < -0.3 is 10.2 Å². The van der Waals surface area contributed by atoms with E-state index in [1.54, 1.807) is 4.90 Å². The predicted octanol–water partition coefficient (Wildman–Crippen LogP) is 4.36. The Morgan fingerprint density at radius 1 is 1.00 bits per heavy atom. The summed E-state index contributed by atoms with van der Waals surface area (Å²) in [5.74, 6) is -0.0336. The van der Waals surface area contributed by atoms with Gasteiger partial charge in [0.05, 0.1) is 6.42 Å². The van der Waals surface area contributed by atoms with E-state index in [0.29, 0.717) is 13.0 Å². The first-order valence-electron chi connectivity index (χ1n) is 11.1. The summed E-state index contributed by atoms with van der Waals surface area (Å²) in [6, 6.07) is 16.1. The van der Waals surface area contributed by atoms with Crippen LogP contribution >= 0.6 is 0 Å². The van der Waals surface area contributed by atoms with Crippen LogP contribution < -0.4 is 5.32 Å². The Hall–Kier alpha value is -2.62. The highest BCUT2D eigenvalue weighted by molar-refractivity contribution is 5.88. The van der Waals surface area contributed by atoms with Gasteiger partial charge in [0.25, 0.3) is 0 Å². The highest BCUT2D eigenvalue weighted by Gasteiger charge is 2.28. The number of rotatable bonds is 8. The SMILES string of the molecule is Cc1cc(C)cc(CC(=O)N(CCc2ccccc2)[C@@H](C)C(=O)NC2CCCC2)c1. The number of nitrogens with zero attached hydrogens (tertiary/aromatic N) is 1. The summed E-state index contributed by atoms with van der Waals surface area (Å²) in [4.78, 5) is 28.0. The molecule has 160 valence electrons. The summed E-state index contributed by atoms with van der Waals surface area (Å²) in [6.07, 6.45) is 5.47. The van der Waals surface area contributed by atoms with Crippen LogP contribution in [0, 0.1) is 13.8 Å². The lowest BCUT2D eigenvalue weighted by atomic mass is 10.0. The second-order valence-electron chi connectivity index (χ2n) is 8.66. The van der Waals surface area contributed by atoms with E-state index in [0.717, 1.165) is 36.0 Å². The standard InChI is InChI=1S/C26H34N2O2/c1-19-15-20(2)17-23(16-19)18-25(29)28(14-13-22-9-5-4-6-10-22)21(3)26(30)27-24-11-7-8-12-24/h4-6,9-10,15-17,21,24H,7-8,11-14,18H2,1-3H3,(H,27,30)/t21-/m0/s1. The molecule has 1 aliphatic rings. The molecule has 2 aromatic carbocycles. The number of carbonyl (C=O) groups is 2. The minimum Gasteiger partial charge on any atom is -0.352 e. The van der Waals surface area contributed by atoms with E-state index in [1.807, 2.05) is 39.0 Å². The molecule has 0 aromatic heterocycles. The topological polar surface area (TPSA) is 49.4 Å². The van der Waals surface area contributed by atoms with Crippen LogP contribution in [0.4, 0.5) is 0 Å². The van der Waals surface area contributed by atoms with Crippen molar-refractivity contribution in [3.63, 3.8) is 0 Å². The Balaban J connectivity index is 1.72. The van der Waals surface area contributed by atoms with Crippen molar-refractivity contribution in [2.24, 2.45) is 0 Å². The lowest BCUT2D eigenvalue weighted by Crippen LogP contribution is -2.51.